The van der Waals surface area contributed by atoms with Crippen LogP contribution in [0, 0.1) is 6.92 Å². The zero-order valence-electron chi connectivity index (χ0n) is 7.86. The molecule has 0 aliphatic heterocycles. The van der Waals surface area contributed by atoms with E-state index >= 15 is 0 Å². The SMILES string of the molecule is Cc1cc(OC2CC2)cc(C(=O)O)n1. The van der Waals surface area contributed by atoms with Gasteiger partial charge < -0.3 is 9.84 Å². The van der Waals surface area contributed by atoms with E-state index in [4.69, 9.17) is 9.84 Å². The molecule has 0 amide bonds. The molecule has 14 heavy (non-hydrogen) atoms. The fourth-order valence-electron chi connectivity index (χ4n) is 1.19. The van der Waals surface area contributed by atoms with Crippen molar-refractivity contribution in [2.75, 3.05) is 0 Å². The van der Waals surface area contributed by atoms with Gasteiger partial charge >= 0.3 is 5.97 Å². The summed E-state index contributed by atoms with van der Waals surface area (Å²) in [5, 5.41) is 8.77. The molecule has 2 rings (SSSR count). The number of pyridine rings is 1. The maximum Gasteiger partial charge on any atom is 0.354 e. The Morgan fingerprint density at radius 3 is 2.86 bits per heavy atom. The maximum atomic E-state index is 10.7. The van der Waals surface area contributed by atoms with Crippen molar-refractivity contribution in [3.8, 4) is 5.75 Å². The Hall–Kier alpha value is -1.58. The van der Waals surface area contributed by atoms with Crippen LogP contribution in [-0.4, -0.2) is 22.2 Å². The Morgan fingerprint density at radius 1 is 1.57 bits per heavy atom. The lowest BCUT2D eigenvalue weighted by Gasteiger charge is -2.05. The van der Waals surface area contributed by atoms with E-state index in [0.29, 0.717) is 11.4 Å². The van der Waals surface area contributed by atoms with Crippen LogP contribution in [0.1, 0.15) is 29.0 Å². The molecule has 1 saturated carbocycles. The van der Waals surface area contributed by atoms with Gasteiger partial charge in [0.2, 0.25) is 0 Å². The van der Waals surface area contributed by atoms with Crippen LogP contribution in [0.4, 0.5) is 0 Å². The molecule has 4 heteroatoms. The number of hydrogen-bond acceptors (Lipinski definition) is 3. The van der Waals surface area contributed by atoms with Crippen molar-refractivity contribution in [2.24, 2.45) is 0 Å². The number of ether oxygens (including phenoxy) is 1. The van der Waals surface area contributed by atoms with Crippen molar-refractivity contribution in [1.82, 2.24) is 4.98 Å². The van der Waals surface area contributed by atoms with Gasteiger partial charge in [-0.3, -0.25) is 0 Å². The van der Waals surface area contributed by atoms with Gasteiger partial charge in [-0.2, -0.15) is 0 Å². The summed E-state index contributed by atoms with van der Waals surface area (Å²) < 4.78 is 5.49. The lowest BCUT2D eigenvalue weighted by atomic mass is 10.3. The molecule has 0 atom stereocenters. The number of rotatable bonds is 3. The predicted octanol–water partition coefficient (Wildman–Crippen LogP) is 1.63. The largest absolute Gasteiger partial charge is 0.490 e. The van der Waals surface area contributed by atoms with E-state index in [1.54, 1.807) is 13.0 Å². The third-order valence-corrected chi connectivity index (χ3v) is 1.97. The van der Waals surface area contributed by atoms with Gasteiger partial charge in [0.25, 0.3) is 0 Å². The summed E-state index contributed by atoms with van der Waals surface area (Å²) in [6.07, 6.45) is 2.39. The molecule has 0 saturated heterocycles. The minimum Gasteiger partial charge on any atom is -0.490 e. The second-order valence-corrected chi connectivity index (χ2v) is 3.45. The van der Waals surface area contributed by atoms with Gasteiger partial charge in [-0.25, -0.2) is 9.78 Å². The van der Waals surface area contributed by atoms with Crippen molar-refractivity contribution >= 4 is 5.97 Å². The Bertz CT molecular complexity index is 372. The number of hydrogen-bond donors (Lipinski definition) is 1. The molecule has 1 aromatic heterocycles. The minimum atomic E-state index is -1.02. The molecular weight excluding hydrogens is 182 g/mol. The summed E-state index contributed by atoms with van der Waals surface area (Å²) in [4.78, 5) is 14.6. The van der Waals surface area contributed by atoms with E-state index in [1.807, 2.05) is 0 Å². The number of carbonyl (C=O) groups is 1. The van der Waals surface area contributed by atoms with E-state index < -0.39 is 5.97 Å². The Labute approximate surface area is 81.5 Å². The molecule has 1 aliphatic carbocycles. The molecule has 1 aromatic rings. The van der Waals surface area contributed by atoms with Crippen LogP contribution in [0.25, 0.3) is 0 Å². The second kappa shape index (κ2) is 3.29. The van der Waals surface area contributed by atoms with Gasteiger partial charge in [-0.1, -0.05) is 0 Å². The minimum absolute atomic E-state index is 0.0423. The third kappa shape index (κ3) is 2.02. The topological polar surface area (TPSA) is 59.4 Å². The lowest BCUT2D eigenvalue weighted by molar-refractivity contribution is 0.0689. The molecule has 0 spiro atoms. The molecular formula is C10H11NO3. The lowest BCUT2D eigenvalue weighted by Crippen LogP contribution is -2.04. The average Bonchev–Trinajstić information content (AvgIpc) is 2.87. The highest BCUT2D eigenvalue weighted by Crippen LogP contribution is 2.27. The highest BCUT2D eigenvalue weighted by atomic mass is 16.5. The molecule has 0 bridgehead atoms. The van der Waals surface area contributed by atoms with Crippen molar-refractivity contribution in [2.45, 2.75) is 25.9 Å². The van der Waals surface area contributed by atoms with Crippen molar-refractivity contribution < 1.29 is 14.6 Å². The zero-order chi connectivity index (χ0) is 10.1. The highest BCUT2D eigenvalue weighted by Gasteiger charge is 2.24. The molecule has 0 unspecified atom stereocenters. The van der Waals surface area contributed by atoms with E-state index in [-0.39, 0.29) is 11.8 Å². The molecule has 1 aliphatic rings. The van der Waals surface area contributed by atoms with Crippen LogP contribution in [0.5, 0.6) is 5.75 Å². The number of aromatic carboxylic acids is 1. The van der Waals surface area contributed by atoms with E-state index in [1.165, 1.54) is 6.07 Å². The van der Waals surface area contributed by atoms with E-state index in [2.05, 4.69) is 4.98 Å². The van der Waals surface area contributed by atoms with E-state index in [9.17, 15) is 4.79 Å². The normalized spacial score (nSPS) is 15.2. The second-order valence-electron chi connectivity index (χ2n) is 3.45. The average molecular weight is 193 g/mol. The fourth-order valence-corrected chi connectivity index (χ4v) is 1.19. The van der Waals surface area contributed by atoms with Gasteiger partial charge in [-0.15, -0.1) is 0 Å². The standard InChI is InChI=1S/C10H11NO3/c1-6-4-8(14-7-2-3-7)5-9(11-6)10(12)13/h4-5,7H,2-3H2,1H3,(H,12,13). The number of nitrogens with zero attached hydrogens (tertiary/aromatic N) is 1. The Balaban J connectivity index is 2.25. The van der Waals surface area contributed by atoms with Crippen molar-refractivity contribution in [3.05, 3.63) is 23.5 Å². The molecule has 0 radical (unpaired) electrons. The number of carboxylic acid groups (broad SMARTS) is 1. The van der Waals surface area contributed by atoms with Crippen molar-refractivity contribution in [1.29, 1.82) is 0 Å². The molecule has 0 aromatic carbocycles. The van der Waals surface area contributed by atoms with Crippen LogP contribution in [0.2, 0.25) is 0 Å². The first-order chi connectivity index (χ1) is 6.65. The van der Waals surface area contributed by atoms with Crippen LogP contribution < -0.4 is 4.74 Å². The zero-order valence-corrected chi connectivity index (χ0v) is 7.86. The van der Waals surface area contributed by atoms with Crippen molar-refractivity contribution in [3.63, 3.8) is 0 Å². The Morgan fingerprint density at radius 2 is 2.29 bits per heavy atom. The fraction of sp³-hybridized carbons (Fsp3) is 0.400. The monoisotopic (exact) mass is 193 g/mol. The van der Waals surface area contributed by atoms with Gasteiger partial charge in [0.15, 0.2) is 5.69 Å². The summed E-state index contributed by atoms with van der Waals surface area (Å²) in [7, 11) is 0. The van der Waals surface area contributed by atoms with Crippen LogP contribution >= 0.6 is 0 Å². The quantitative estimate of drug-likeness (QED) is 0.792. The molecule has 74 valence electrons. The number of carboxylic acids is 1. The first kappa shape index (κ1) is 8.99. The molecule has 1 heterocycles. The van der Waals surface area contributed by atoms with Crippen LogP contribution in [0.3, 0.4) is 0 Å². The summed E-state index contributed by atoms with van der Waals surface area (Å²) in [6.45, 7) is 1.76. The summed E-state index contributed by atoms with van der Waals surface area (Å²) in [5.41, 5.74) is 0.709. The van der Waals surface area contributed by atoms with Crippen LogP contribution in [0.15, 0.2) is 12.1 Å². The van der Waals surface area contributed by atoms with Crippen LogP contribution in [-0.2, 0) is 0 Å². The van der Waals surface area contributed by atoms with E-state index in [0.717, 1.165) is 12.8 Å². The van der Waals surface area contributed by atoms with Gasteiger partial charge in [0, 0.05) is 17.8 Å². The predicted molar refractivity (Wildman–Crippen MR) is 49.6 cm³/mol. The first-order valence-electron chi connectivity index (χ1n) is 4.54. The van der Waals surface area contributed by atoms with Gasteiger partial charge in [-0.05, 0) is 19.8 Å². The summed E-state index contributed by atoms with van der Waals surface area (Å²) in [5.74, 6) is -0.410. The Kier molecular flexibility index (Phi) is 2.11. The molecule has 1 N–H and O–H groups in total. The van der Waals surface area contributed by atoms with Gasteiger partial charge in [0.1, 0.15) is 5.75 Å². The number of aryl methyl sites for hydroxylation is 1. The third-order valence-electron chi connectivity index (χ3n) is 1.97. The maximum absolute atomic E-state index is 10.7. The summed E-state index contributed by atoms with van der Waals surface area (Å²) in [6, 6.07) is 3.22. The smallest absolute Gasteiger partial charge is 0.354 e. The first-order valence-corrected chi connectivity index (χ1v) is 4.54. The highest BCUT2D eigenvalue weighted by molar-refractivity contribution is 5.85. The molecule has 1 fully saturated rings. The number of aromatic nitrogens is 1. The van der Waals surface area contributed by atoms with Gasteiger partial charge in [0.05, 0.1) is 6.10 Å². The molecule has 4 nitrogen and oxygen atoms in total. The summed E-state index contributed by atoms with van der Waals surface area (Å²) >= 11 is 0.